The minimum Gasteiger partial charge on any atom is -0.441 e. The molecule has 2 heterocycles. The number of likely N-dealkylation sites (N-methyl/N-ethyl adjacent to an activating group) is 1. The molecular formula is C13H14F3N5O3. The molecule has 0 aliphatic heterocycles. The number of carbonyl (C=O) groups excluding carboxylic acids is 1. The number of hydrogen-bond donors (Lipinski definition) is 1. The van der Waals surface area contributed by atoms with Crippen molar-refractivity contribution in [1.82, 2.24) is 15.0 Å². The Labute approximate surface area is 134 Å². The quantitative estimate of drug-likeness (QED) is 0.853. The van der Waals surface area contributed by atoms with Gasteiger partial charge in [0.1, 0.15) is 6.26 Å². The van der Waals surface area contributed by atoms with E-state index >= 15 is 0 Å². The van der Waals surface area contributed by atoms with Gasteiger partial charge in [-0.1, -0.05) is 0 Å². The van der Waals surface area contributed by atoms with E-state index in [1.807, 2.05) is 0 Å². The second-order valence-corrected chi connectivity index (χ2v) is 4.68. The molecule has 11 heteroatoms. The van der Waals surface area contributed by atoms with E-state index in [2.05, 4.69) is 24.7 Å². The van der Waals surface area contributed by atoms with Crippen molar-refractivity contribution in [3.8, 4) is 0 Å². The van der Waals surface area contributed by atoms with E-state index < -0.39 is 23.7 Å². The van der Waals surface area contributed by atoms with Gasteiger partial charge in [-0.25, -0.2) is 15.0 Å². The number of hydrogen-bond acceptors (Lipinski definition) is 7. The van der Waals surface area contributed by atoms with Crippen LogP contribution in [0.2, 0.25) is 0 Å². The standard InChI is InChI=1S/C13H14F3N5O3/c1-21(3-4-23-2)12-17-5-8(6-18-12)19-10(22)9-7-24-11(20-9)13(14,15)16/h5-7H,3-4H2,1-2H3,(H,19,22). The minimum absolute atomic E-state index is 0.209. The summed E-state index contributed by atoms with van der Waals surface area (Å²) in [7, 11) is 3.34. The molecule has 2 rings (SSSR count). The number of amides is 1. The van der Waals surface area contributed by atoms with Crippen LogP contribution in [-0.2, 0) is 10.9 Å². The Morgan fingerprint density at radius 2 is 2.04 bits per heavy atom. The van der Waals surface area contributed by atoms with Gasteiger partial charge in [-0.2, -0.15) is 13.2 Å². The lowest BCUT2D eigenvalue weighted by Gasteiger charge is -2.16. The fourth-order valence-electron chi connectivity index (χ4n) is 1.61. The highest BCUT2D eigenvalue weighted by atomic mass is 19.4. The topological polar surface area (TPSA) is 93.4 Å². The average molecular weight is 345 g/mol. The van der Waals surface area contributed by atoms with Crippen molar-refractivity contribution in [1.29, 1.82) is 0 Å². The highest BCUT2D eigenvalue weighted by Gasteiger charge is 2.37. The lowest BCUT2D eigenvalue weighted by molar-refractivity contribution is -0.157. The van der Waals surface area contributed by atoms with Crippen molar-refractivity contribution >= 4 is 17.5 Å². The van der Waals surface area contributed by atoms with E-state index in [9.17, 15) is 18.0 Å². The van der Waals surface area contributed by atoms with Crippen LogP contribution in [0, 0.1) is 0 Å². The molecule has 0 spiro atoms. The van der Waals surface area contributed by atoms with Crippen LogP contribution >= 0.6 is 0 Å². The monoisotopic (exact) mass is 345 g/mol. The Balaban J connectivity index is 2.00. The molecule has 0 aliphatic rings. The second kappa shape index (κ2) is 7.25. The minimum atomic E-state index is -4.75. The summed E-state index contributed by atoms with van der Waals surface area (Å²) in [6.07, 6.45) is -1.47. The van der Waals surface area contributed by atoms with E-state index in [1.165, 1.54) is 12.4 Å². The third-order valence-corrected chi connectivity index (χ3v) is 2.85. The summed E-state index contributed by atoms with van der Waals surface area (Å²) in [4.78, 5) is 24.7. The summed E-state index contributed by atoms with van der Waals surface area (Å²) in [6.45, 7) is 1.06. The summed E-state index contributed by atoms with van der Waals surface area (Å²) in [5.74, 6) is -1.94. The maximum atomic E-state index is 12.4. The Bertz CT molecular complexity index is 687. The van der Waals surface area contributed by atoms with Crippen LogP contribution in [0.1, 0.15) is 16.4 Å². The van der Waals surface area contributed by atoms with Crippen molar-refractivity contribution in [2.45, 2.75) is 6.18 Å². The van der Waals surface area contributed by atoms with Crippen LogP contribution in [0.5, 0.6) is 0 Å². The third kappa shape index (κ3) is 4.41. The molecule has 24 heavy (non-hydrogen) atoms. The predicted octanol–water partition coefficient (Wildman–Crippen LogP) is 1.82. The Hall–Kier alpha value is -2.69. The lowest BCUT2D eigenvalue weighted by atomic mass is 10.4. The van der Waals surface area contributed by atoms with Crippen LogP contribution in [0.15, 0.2) is 23.1 Å². The summed E-state index contributed by atoms with van der Waals surface area (Å²) in [5.41, 5.74) is -0.288. The summed E-state index contributed by atoms with van der Waals surface area (Å²) >= 11 is 0. The Kier molecular flexibility index (Phi) is 5.34. The maximum Gasteiger partial charge on any atom is 0.468 e. The number of nitrogens with one attached hydrogen (secondary N) is 1. The number of alkyl halides is 3. The maximum absolute atomic E-state index is 12.4. The van der Waals surface area contributed by atoms with Gasteiger partial charge < -0.3 is 19.4 Å². The van der Waals surface area contributed by atoms with Crippen LogP contribution in [0.4, 0.5) is 24.8 Å². The molecule has 2 aromatic heterocycles. The Morgan fingerprint density at radius 1 is 1.38 bits per heavy atom. The van der Waals surface area contributed by atoms with E-state index in [0.29, 0.717) is 25.4 Å². The second-order valence-electron chi connectivity index (χ2n) is 4.68. The number of methoxy groups -OCH3 is 1. The highest BCUT2D eigenvalue weighted by molar-refractivity contribution is 6.02. The zero-order valence-corrected chi connectivity index (χ0v) is 12.8. The predicted molar refractivity (Wildman–Crippen MR) is 76.6 cm³/mol. The molecule has 0 aromatic carbocycles. The largest absolute Gasteiger partial charge is 0.468 e. The molecule has 1 amide bonds. The molecule has 0 fully saturated rings. The number of ether oxygens (including phenoxy) is 1. The number of anilines is 2. The van der Waals surface area contributed by atoms with Gasteiger partial charge in [-0.15, -0.1) is 0 Å². The highest BCUT2D eigenvalue weighted by Crippen LogP contribution is 2.28. The smallest absolute Gasteiger partial charge is 0.441 e. The molecule has 1 N–H and O–H groups in total. The summed E-state index contributed by atoms with van der Waals surface area (Å²) < 4.78 is 46.3. The first kappa shape index (κ1) is 17.7. The molecule has 0 bridgehead atoms. The molecule has 0 radical (unpaired) electrons. The van der Waals surface area contributed by atoms with Gasteiger partial charge in [0.25, 0.3) is 5.91 Å². The number of halogens is 3. The molecule has 0 aliphatic carbocycles. The first-order chi connectivity index (χ1) is 11.3. The first-order valence-electron chi connectivity index (χ1n) is 6.67. The van der Waals surface area contributed by atoms with E-state index in [0.717, 1.165) is 0 Å². The van der Waals surface area contributed by atoms with E-state index in [4.69, 9.17) is 4.74 Å². The number of rotatable bonds is 6. The molecule has 0 atom stereocenters. The van der Waals surface area contributed by atoms with Gasteiger partial charge in [0.15, 0.2) is 5.69 Å². The number of carbonyl (C=O) groups is 1. The summed E-state index contributed by atoms with van der Waals surface area (Å²) in [6, 6.07) is 0. The fourth-order valence-corrected chi connectivity index (χ4v) is 1.61. The number of oxazole rings is 1. The van der Waals surface area contributed by atoms with Crippen molar-refractivity contribution < 1.29 is 27.1 Å². The molecule has 8 nitrogen and oxygen atoms in total. The van der Waals surface area contributed by atoms with Crippen molar-refractivity contribution in [2.24, 2.45) is 0 Å². The molecule has 130 valence electrons. The zero-order valence-electron chi connectivity index (χ0n) is 12.8. The van der Waals surface area contributed by atoms with Crippen LogP contribution < -0.4 is 10.2 Å². The van der Waals surface area contributed by atoms with Crippen LogP contribution in [-0.4, -0.2) is 48.2 Å². The van der Waals surface area contributed by atoms with E-state index in [1.54, 1.807) is 19.1 Å². The molecule has 0 saturated carbocycles. The van der Waals surface area contributed by atoms with E-state index in [-0.39, 0.29) is 5.69 Å². The third-order valence-electron chi connectivity index (χ3n) is 2.85. The van der Waals surface area contributed by atoms with Gasteiger partial charge >= 0.3 is 12.1 Å². The first-order valence-corrected chi connectivity index (χ1v) is 6.67. The van der Waals surface area contributed by atoms with Crippen molar-refractivity contribution in [3.63, 3.8) is 0 Å². The van der Waals surface area contributed by atoms with Gasteiger partial charge in [0.2, 0.25) is 5.95 Å². The Morgan fingerprint density at radius 3 is 2.58 bits per heavy atom. The lowest BCUT2D eigenvalue weighted by Crippen LogP contribution is -2.24. The van der Waals surface area contributed by atoms with Gasteiger partial charge in [-0.05, 0) is 0 Å². The molecular weight excluding hydrogens is 331 g/mol. The van der Waals surface area contributed by atoms with Crippen LogP contribution in [0.3, 0.4) is 0 Å². The van der Waals surface area contributed by atoms with Crippen molar-refractivity contribution in [2.75, 3.05) is 37.5 Å². The fraction of sp³-hybridized carbons (Fsp3) is 0.385. The van der Waals surface area contributed by atoms with Gasteiger partial charge in [0.05, 0.1) is 24.7 Å². The molecule has 2 aromatic rings. The average Bonchev–Trinajstić information content (AvgIpc) is 3.03. The molecule has 0 unspecified atom stereocenters. The summed E-state index contributed by atoms with van der Waals surface area (Å²) in [5, 5.41) is 2.34. The number of aromatic nitrogens is 3. The normalized spacial score (nSPS) is 11.4. The van der Waals surface area contributed by atoms with Gasteiger partial charge in [0, 0.05) is 20.7 Å². The van der Waals surface area contributed by atoms with Crippen molar-refractivity contribution in [3.05, 3.63) is 30.2 Å². The van der Waals surface area contributed by atoms with Gasteiger partial charge in [-0.3, -0.25) is 4.79 Å². The molecule has 0 saturated heterocycles. The van der Waals surface area contributed by atoms with Crippen LogP contribution in [0.25, 0.3) is 0 Å². The zero-order chi connectivity index (χ0) is 17.7. The SMILES string of the molecule is COCCN(C)c1ncc(NC(=O)c2coc(C(F)(F)F)n2)cn1. The number of nitrogens with zero attached hydrogens (tertiary/aromatic N) is 4.